The van der Waals surface area contributed by atoms with E-state index in [2.05, 4.69) is 63.3 Å². The maximum atomic E-state index is 13.4. The molecule has 4 nitrogen and oxygen atoms in total. The number of amides is 1. The number of benzene rings is 3. The van der Waals surface area contributed by atoms with Gasteiger partial charge in [-0.3, -0.25) is 5.32 Å². The van der Waals surface area contributed by atoms with E-state index in [4.69, 9.17) is 9.47 Å². The van der Waals surface area contributed by atoms with E-state index in [9.17, 15) is 4.79 Å². The van der Waals surface area contributed by atoms with Crippen LogP contribution in [0.3, 0.4) is 0 Å². The molecule has 172 valence electrons. The van der Waals surface area contributed by atoms with Gasteiger partial charge in [-0.05, 0) is 53.5 Å². The van der Waals surface area contributed by atoms with Gasteiger partial charge in [0.2, 0.25) is 0 Å². The summed E-state index contributed by atoms with van der Waals surface area (Å²) in [5.41, 5.74) is 8.03. The van der Waals surface area contributed by atoms with Crippen molar-refractivity contribution in [2.45, 2.75) is 66.1 Å². The first-order valence-corrected chi connectivity index (χ1v) is 11.7. The highest BCUT2D eigenvalue weighted by Gasteiger charge is 2.31. The van der Waals surface area contributed by atoms with Crippen molar-refractivity contribution in [1.29, 1.82) is 0 Å². The first kappa shape index (κ1) is 22.9. The molecule has 0 aliphatic carbocycles. The third-order valence-electron chi connectivity index (χ3n) is 6.41. The third kappa shape index (κ3) is 4.47. The average molecular weight is 444 g/mol. The molecule has 1 atom stereocenters. The normalized spacial score (nSPS) is 14.8. The summed E-state index contributed by atoms with van der Waals surface area (Å²) in [6, 6.07) is 18.3. The van der Waals surface area contributed by atoms with E-state index in [1.54, 1.807) is 0 Å². The number of carbonyl (C=O) groups is 1. The molecule has 33 heavy (non-hydrogen) atoms. The zero-order chi connectivity index (χ0) is 23.7. The van der Waals surface area contributed by atoms with E-state index in [1.165, 1.54) is 0 Å². The number of fused-ring (bicyclic) bond motifs is 2. The zero-order valence-corrected chi connectivity index (χ0v) is 20.4. The fourth-order valence-electron chi connectivity index (χ4n) is 4.61. The molecule has 1 amide bonds. The van der Waals surface area contributed by atoms with Gasteiger partial charge in [0.05, 0.1) is 5.69 Å². The van der Waals surface area contributed by atoms with Gasteiger partial charge in [0.15, 0.2) is 6.10 Å². The van der Waals surface area contributed by atoms with Crippen molar-refractivity contribution in [3.05, 3.63) is 93.5 Å². The van der Waals surface area contributed by atoms with Crippen LogP contribution in [0.1, 0.15) is 84.6 Å². The third-order valence-corrected chi connectivity index (χ3v) is 6.41. The van der Waals surface area contributed by atoms with Crippen molar-refractivity contribution < 1.29 is 14.3 Å². The molecule has 1 heterocycles. The van der Waals surface area contributed by atoms with Crippen molar-refractivity contribution in [3.8, 4) is 5.75 Å². The predicted molar refractivity (Wildman–Crippen MR) is 133 cm³/mol. The van der Waals surface area contributed by atoms with Gasteiger partial charge in [-0.25, -0.2) is 4.79 Å². The molecule has 0 saturated carbocycles. The minimum absolute atomic E-state index is 0.275. The molecular weight excluding hydrogens is 410 g/mol. The number of aryl methyl sites for hydroxylation is 2. The first-order chi connectivity index (χ1) is 15.8. The van der Waals surface area contributed by atoms with Crippen molar-refractivity contribution in [2.24, 2.45) is 0 Å². The Kier molecular flexibility index (Phi) is 6.46. The molecule has 3 aromatic carbocycles. The fourth-order valence-corrected chi connectivity index (χ4v) is 4.61. The fraction of sp³-hybridized carbons (Fsp3) is 0.345. The Hall–Kier alpha value is -3.27. The van der Waals surface area contributed by atoms with E-state index in [0.717, 1.165) is 50.4 Å². The zero-order valence-electron chi connectivity index (χ0n) is 20.4. The summed E-state index contributed by atoms with van der Waals surface area (Å²) in [4.78, 5) is 13.4. The molecule has 0 aromatic heterocycles. The molecule has 4 heteroatoms. The van der Waals surface area contributed by atoms with Crippen LogP contribution in [0.4, 0.5) is 10.5 Å². The Morgan fingerprint density at radius 2 is 1.55 bits per heavy atom. The van der Waals surface area contributed by atoms with Gasteiger partial charge in [-0.2, -0.15) is 0 Å². The van der Waals surface area contributed by atoms with Gasteiger partial charge in [0.25, 0.3) is 0 Å². The molecule has 0 radical (unpaired) electrons. The minimum atomic E-state index is -0.549. The monoisotopic (exact) mass is 443 g/mol. The van der Waals surface area contributed by atoms with E-state index in [1.807, 2.05) is 38.1 Å². The van der Waals surface area contributed by atoms with Gasteiger partial charge >= 0.3 is 6.09 Å². The summed E-state index contributed by atoms with van der Waals surface area (Å²) >= 11 is 0. The van der Waals surface area contributed by atoms with Crippen LogP contribution in [0.5, 0.6) is 5.75 Å². The van der Waals surface area contributed by atoms with Crippen molar-refractivity contribution in [2.75, 3.05) is 5.32 Å². The highest BCUT2D eigenvalue weighted by atomic mass is 16.6. The van der Waals surface area contributed by atoms with E-state index in [-0.39, 0.29) is 11.8 Å². The maximum absolute atomic E-state index is 13.4. The Balaban J connectivity index is 1.75. The Labute approximate surface area is 196 Å². The number of nitrogens with one attached hydrogen (secondary N) is 1. The van der Waals surface area contributed by atoms with Crippen molar-refractivity contribution in [1.82, 2.24) is 0 Å². The molecule has 0 fully saturated rings. The molecule has 1 aliphatic heterocycles. The molecule has 0 spiro atoms. The summed E-state index contributed by atoms with van der Waals surface area (Å²) in [6.07, 6.45) is -1.01. The Morgan fingerprint density at radius 3 is 2.21 bits per heavy atom. The molecule has 1 N–H and O–H groups in total. The van der Waals surface area contributed by atoms with Gasteiger partial charge < -0.3 is 9.47 Å². The van der Waals surface area contributed by atoms with Gasteiger partial charge in [0.1, 0.15) is 12.4 Å². The number of rotatable bonds is 4. The van der Waals surface area contributed by atoms with Crippen LogP contribution in [0.15, 0.2) is 54.6 Å². The van der Waals surface area contributed by atoms with Gasteiger partial charge in [-0.1, -0.05) is 82.3 Å². The van der Waals surface area contributed by atoms with Crippen LogP contribution in [0.2, 0.25) is 0 Å². The van der Waals surface area contributed by atoms with Crippen molar-refractivity contribution in [3.63, 3.8) is 0 Å². The van der Waals surface area contributed by atoms with Crippen LogP contribution in [0, 0.1) is 13.8 Å². The van der Waals surface area contributed by atoms with Gasteiger partial charge in [-0.15, -0.1) is 0 Å². The molecule has 0 bridgehead atoms. The molecule has 0 saturated heterocycles. The number of carbonyl (C=O) groups excluding carboxylic acids is 1. The van der Waals surface area contributed by atoms with E-state index < -0.39 is 12.2 Å². The molecule has 1 aliphatic rings. The Bertz CT molecular complexity index is 1150. The van der Waals surface area contributed by atoms with Crippen LogP contribution in [-0.4, -0.2) is 6.09 Å². The minimum Gasteiger partial charge on any atom is -0.488 e. The van der Waals surface area contributed by atoms with Crippen molar-refractivity contribution >= 4 is 11.8 Å². The van der Waals surface area contributed by atoms with Crippen LogP contribution < -0.4 is 10.1 Å². The summed E-state index contributed by atoms with van der Waals surface area (Å²) < 4.78 is 12.4. The average Bonchev–Trinajstić information content (AvgIpc) is 2.94. The summed E-state index contributed by atoms with van der Waals surface area (Å²) in [6.45, 7) is 13.1. The SMILES string of the molecule is Cc1ccc(C)c2c1OCc1ccccc1C2OC(=O)Nc1c(C(C)C)cccc1C(C)C. The quantitative estimate of drug-likeness (QED) is 0.448. The number of anilines is 1. The predicted octanol–water partition coefficient (Wildman–Crippen LogP) is 7.78. The maximum Gasteiger partial charge on any atom is 0.412 e. The van der Waals surface area contributed by atoms with Crippen LogP contribution in [0.25, 0.3) is 0 Å². The second-order valence-corrected chi connectivity index (χ2v) is 9.46. The topological polar surface area (TPSA) is 47.6 Å². The van der Waals surface area contributed by atoms with Crippen LogP contribution in [-0.2, 0) is 11.3 Å². The number of ether oxygens (including phenoxy) is 2. The molecule has 4 rings (SSSR count). The standard InChI is InChI=1S/C29H33NO3/c1-17(2)22-12-9-13-23(18(3)4)26(22)30-29(31)33-28-24-11-8-7-10-21(24)16-32-27-20(6)15-14-19(5)25(27)28/h7-15,17-18,28H,16H2,1-6H3,(H,30,31). The van der Waals surface area contributed by atoms with Crippen LogP contribution >= 0.6 is 0 Å². The lowest BCUT2D eigenvalue weighted by Gasteiger charge is -2.24. The number of hydrogen-bond donors (Lipinski definition) is 1. The lowest BCUT2D eigenvalue weighted by Crippen LogP contribution is -2.21. The molecule has 3 aromatic rings. The summed E-state index contributed by atoms with van der Waals surface area (Å²) in [5, 5.41) is 3.10. The summed E-state index contributed by atoms with van der Waals surface area (Å²) in [7, 11) is 0. The highest BCUT2D eigenvalue weighted by molar-refractivity contribution is 5.88. The lowest BCUT2D eigenvalue weighted by molar-refractivity contribution is 0.130. The van der Waals surface area contributed by atoms with E-state index in [0.29, 0.717) is 6.61 Å². The largest absolute Gasteiger partial charge is 0.488 e. The lowest BCUT2D eigenvalue weighted by atomic mass is 9.92. The Morgan fingerprint density at radius 1 is 0.909 bits per heavy atom. The number of hydrogen-bond acceptors (Lipinski definition) is 3. The summed E-state index contributed by atoms with van der Waals surface area (Å²) in [5.74, 6) is 1.35. The smallest absolute Gasteiger partial charge is 0.412 e. The van der Waals surface area contributed by atoms with Gasteiger partial charge in [0, 0.05) is 11.1 Å². The number of para-hydroxylation sites is 1. The highest BCUT2D eigenvalue weighted by Crippen LogP contribution is 2.42. The second kappa shape index (κ2) is 9.30. The molecular formula is C29H33NO3. The van der Waals surface area contributed by atoms with E-state index >= 15 is 0 Å². The molecule has 1 unspecified atom stereocenters. The first-order valence-electron chi connectivity index (χ1n) is 11.7. The second-order valence-electron chi connectivity index (χ2n) is 9.46.